The summed E-state index contributed by atoms with van der Waals surface area (Å²) >= 11 is 0. The maximum absolute atomic E-state index is 8.88. The van der Waals surface area contributed by atoms with Gasteiger partial charge in [0, 0.05) is 19.5 Å². The first kappa shape index (κ1) is 105. The molecule has 0 unspecified atom stereocenters. The molecule has 0 aromatic carbocycles. The van der Waals surface area contributed by atoms with Crippen LogP contribution in [-0.2, 0) is 24.0 Å². The molecule has 0 aromatic rings. The van der Waals surface area contributed by atoms with Crippen LogP contribution in [0.5, 0.6) is 0 Å². The minimum absolute atomic E-state index is 0. The summed E-state index contributed by atoms with van der Waals surface area (Å²) in [5.41, 5.74) is 0. The van der Waals surface area contributed by atoms with Gasteiger partial charge in [-0.05, 0) is 0 Å². The molecule has 17 N–H and O–H groups in total. The monoisotopic (exact) mass is 288 g/mol. The van der Waals surface area contributed by atoms with Crippen LogP contribution in [0.2, 0.25) is 0 Å². The standard InChI is InChI=1S/H3O4P.7H2O.Zn/c1-5(2,3)4;;;;;;;;/h(H3,1,2,3,4);7*1H2;. The third-order valence-electron chi connectivity index (χ3n) is 0. The van der Waals surface area contributed by atoms with Crippen LogP contribution in [-0.4, -0.2) is 53.0 Å². The second-order valence-electron chi connectivity index (χ2n) is 0.513. The Balaban J connectivity index is -0.00000000286. The summed E-state index contributed by atoms with van der Waals surface area (Å²) in [4.78, 5) is 21.6. The molecule has 13 heteroatoms. The van der Waals surface area contributed by atoms with Crippen molar-refractivity contribution < 1.29 is 77.1 Å². The van der Waals surface area contributed by atoms with Crippen LogP contribution < -0.4 is 0 Å². The van der Waals surface area contributed by atoms with Crippen molar-refractivity contribution in [2.24, 2.45) is 0 Å². The first-order chi connectivity index (χ1) is 2.00. The Morgan fingerprint density at radius 3 is 0.615 bits per heavy atom. The molecule has 13 heavy (non-hydrogen) atoms. The molecule has 0 radical (unpaired) electrons. The zero-order valence-electron chi connectivity index (χ0n) is 6.40. The van der Waals surface area contributed by atoms with Crippen LogP contribution in [0.15, 0.2) is 0 Å². The Bertz CT molecular complexity index is 56.2. The first-order valence-electron chi connectivity index (χ1n) is 0.783. The van der Waals surface area contributed by atoms with E-state index >= 15 is 0 Å². The van der Waals surface area contributed by atoms with E-state index in [1.165, 1.54) is 0 Å². The van der Waals surface area contributed by atoms with Crippen molar-refractivity contribution in [3.63, 3.8) is 0 Å². The van der Waals surface area contributed by atoms with E-state index in [2.05, 4.69) is 0 Å². The minimum Gasteiger partial charge on any atom is -0.412 e. The quantitative estimate of drug-likeness (QED) is 0.289. The maximum atomic E-state index is 8.88. The van der Waals surface area contributed by atoms with Crippen molar-refractivity contribution >= 4 is 7.82 Å². The number of hydrogen-bond donors (Lipinski definition) is 3. The molecule has 0 aliphatic rings. The van der Waals surface area contributed by atoms with Gasteiger partial charge in [-0.3, -0.25) is 0 Å². The van der Waals surface area contributed by atoms with Crippen molar-refractivity contribution in [2.75, 3.05) is 0 Å². The Hall–Kier alpha value is 0.453. The van der Waals surface area contributed by atoms with Gasteiger partial charge in [0.25, 0.3) is 0 Å². The Morgan fingerprint density at radius 1 is 0.615 bits per heavy atom. The molecule has 0 aliphatic carbocycles. The molecule has 0 amide bonds. The van der Waals surface area contributed by atoms with E-state index in [0.29, 0.717) is 0 Å². The van der Waals surface area contributed by atoms with Gasteiger partial charge in [-0.15, -0.1) is 0 Å². The summed E-state index contributed by atoms with van der Waals surface area (Å²) in [5.74, 6) is 0. The summed E-state index contributed by atoms with van der Waals surface area (Å²) in [6.45, 7) is 0. The Labute approximate surface area is 85.6 Å². The van der Waals surface area contributed by atoms with Crippen LogP contribution in [0.3, 0.4) is 0 Å². The average Bonchev–Trinajstić information content (AvgIpc) is 0.722. The molecule has 0 spiro atoms. The summed E-state index contributed by atoms with van der Waals surface area (Å²) in [6.07, 6.45) is 0. The number of rotatable bonds is 0. The van der Waals surface area contributed by atoms with Gasteiger partial charge in [0.15, 0.2) is 0 Å². The summed E-state index contributed by atoms with van der Waals surface area (Å²) < 4.78 is 8.88. The largest absolute Gasteiger partial charge is 0.466 e. The van der Waals surface area contributed by atoms with Crippen molar-refractivity contribution in [1.29, 1.82) is 0 Å². The molecule has 0 aliphatic heterocycles. The van der Waals surface area contributed by atoms with Gasteiger partial charge in [-0.1, -0.05) is 0 Å². The van der Waals surface area contributed by atoms with Crippen molar-refractivity contribution in [2.45, 2.75) is 0 Å². The predicted molar refractivity (Wildman–Crippen MR) is 39.6 cm³/mol. The van der Waals surface area contributed by atoms with E-state index in [4.69, 9.17) is 19.2 Å². The van der Waals surface area contributed by atoms with Crippen molar-refractivity contribution in [3.8, 4) is 0 Å². The topological polar surface area (TPSA) is 298 Å². The molecule has 0 saturated carbocycles. The van der Waals surface area contributed by atoms with Crippen molar-refractivity contribution in [1.82, 2.24) is 0 Å². The van der Waals surface area contributed by atoms with E-state index in [1.54, 1.807) is 0 Å². The average molecular weight is 289 g/mol. The minimum atomic E-state index is -4.64. The van der Waals surface area contributed by atoms with Crippen LogP contribution >= 0.6 is 7.82 Å². The van der Waals surface area contributed by atoms with E-state index < -0.39 is 7.82 Å². The fourth-order valence-corrected chi connectivity index (χ4v) is 0. The van der Waals surface area contributed by atoms with E-state index in [9.17, 15) is 0 Å². The normalized spacial score (nSPS) is 4.54. The molecule has 11 nitrogen and oxygen atoms in total. The fraction of sp³-hybridized carbons (Fsp3) is 0. The maximum Gasteiger partial charge on any atom is 0.466 e. The number of hydrogen-bond acceptors (Lipinski definition) is 1. The molecule has 0 fully saturated rings. The Morgan fingerprint density at radius 2 is 0.615 bits per heavy atom. The molecule has 0 heterocycles. The second-order valence-corrected chi connectivity index (χ2v) is 1.54. The van der Waals surface area contributed by atoms with Gasteiger partial charge in [-0.25, -0.2) is 4.57 Å². The van der Waals surface area contributed by atoms with E-state index in [1.807, 2.05) is 0 Å². The van der Waals surface area contributed by atoms with Gasteiger partial charge in [-0.2, -0.15) is 0 Å². The molecule has 0 bridgehead atoms. The summed E-state index contributed by atoms with van der Waals surface area (Å²) in [7, 11) is -4.64. The van der Waals surface area contributed by atoms with Gasteiger partial charge in [0.2, 0.25) is 0 Å². The molecule has 0 saturated heterocycles. The molecule has 0 atom stereocenters. The smallest absolute Gasteiger partial charge is 0.412 e. The third kappa shape index (κ3) is 6620. The van der Waals surface area contributed by atoms with Crippen LogP contribution in [0, 0.1) is 0 Å². The zero-order chi connectivity index (χ0) is 4.50. The number of phosphoric acid groups is 1. The van der Waals surface area contributed by atoms with Crippen molar-refractivity contribution in [3.05, 3.63) is 0 Å². The molecular formula is H17O11PZn. The fourth-order valence-electron chi connectivity index (χ4n) is 0. The third-order valence-corrected chi connectivity index (χ3v) is 0. The van der Waals surface area contributed by atoms with Gasteiger partial charge >= 0.3 is 7.82 Å². The predicted octanol–water partition coefficient (Wildman–Crippen LogP) is -6.70. The van der Waals surface area contributed by atoms with Crippen LogP contribution in [0.1, 0.15) is 0 Å². The summed E-state index contributed by atoms with van der Waals surface area (Å²) in [6, 6.07) is 0. The second kappa shape index (κ2) is 39.2. The SMILES string of the molecule is O.O.O.O.O.O.O.O=P(O)(O)O.[Zn]. The zero-order valence-corrected chi connectivity index (χ0v) is 10.3. The van der Waals surface area contributed by atoms with E-state index in [0.717, 1.165) is 0 Å². The first-order valence-corrected chi connectivity index (χ1v) is 2.35. The van der Waals surface area contributed by atoms with Gasteiger partial charge < -0.3 is 53.0 Å². The van der Waals surface area contributed by atoms with Crippen LogP contribution in [0.25, 0.3) is 0 Å². The van der Waals surface area contributed by atoms with Crippen LogP contribution in [0.4, 0.5) is 0 Å². The molecule has 90 valence electrons. The van der Waals surface area contributed by atoms with E-state index in [-0.39, 0.29) is 57.8 Å². The Kier molecular flexibility index (Phi) is 317. The summed E-state index contributed by atoms with van der Waals surface area (Å²) in [5, 5.41) is 0. The molecule has 0 rings (SSSR count). The van der Waals surface area contributed by atoms with Gasteiger partial charge in [0.05, 0.1) is 0 Å². The molecular weight excluding hydrogens is 272 g/mol. The molecule has 0 aromatic heterocycles. The van der Waals surface area contributed by atoms with Gasteiger partial charge in [0.1, 0.15) is 0 Å².